The number of halogens is 1. The number of carbonyl (C=O) groups excluding carboxylic acids is 1. The van der Waals surface area contributed by atoms with Gasteiger partial charge in [-0.2, -0.15) is 0 Å². The van der Waals surface area contributed by atoms with E-state index in [2.05, 4.69) is 21.2 Å². The van der Waals surface area contributed by atoms with Crippen LogP contribution in [0, 0.1) is 6.92 Å². The molecule has 2 aromatic rings. The number of hydrogen-bond acceptors (Lipinski definition) is 2. The maximum Gasteiger partial charge on any atom is 0.228 e. The summed E-state index contributed by atoms with van der Waals surface area (Å²) in [6, 6.07) is 13.3. The van der Waals surface area contributed by atoms with Gasteiger partial charge in [-0.05, 0) is 37.3 Å². The molecule has 0 aromatic heterocycles. The molecule has 0 heterocycles. The molecule has 2 aromatic carbocycles. The minimum absolute atomic E-state index is 0.0591. The zero-order valence-corrected chi connectivity index (χ0v) is 13.0. The van der Waals surface area contributed by atoms with Crippen LogP contribution in [-0.2, 0) is 11.2 Å². The first-order valence-electron chi connectivity index (χ1n) is 6.27. The summed E-state index contributed by atoms with van der Waals surface area (Å²) in [5, 5.41) is 2.87. The van der Waals surface area contributed by atoms with Crippen molar-refractivity contribution in [2.24, 2.45) is 0 Å². The van der Waals surface area contributed by atoms with Gasteiger partial charge in [0.25, 0.3) is 0 Å². The second-order valence-corrected chi connectivity index (χ2v) is 5.46. The first-order valence-corrected chi connectivity index (χ1v) is 7.06. The smallest absolute Gasteiger partial charge is 0.228 e. The number of ether oxygens (including phenoxy) is 1. The van der Waals surface area contributed by atoms with Gasteiger partial charge in [-0.1, -0.05) is 33.6 Å². The van der Waals surface area contributed by atoms with E-state index in [1.807, 2.05) is 49.4 Å². The molecule has 0 aliphatic carbocycles. The van der Waals surface area contributed by atoms with Crippen LogP contribution in [0.25, 0.3) is 0 Å². The van der Waals surface area contributed by atoms with E-state index in [1.165, 1.54) is 0 Å². The number of benzene rings is 2. The summed E-state index contributed by atoms with van der Waals surface area (Å²) in [4.78, 5) is 12.1. The van der Waals surface area contributed by atoms with Crippen molar-refractivity contribution in [3.8, 4) is 5.75 Å². The van der Waals surface area contributed by atoms with E-state index < -0.39 is 0 Å². The van der Waals surface area contributed by atoms with Crippen molar-refractivity contribution in [2.45, 2.75) is 13.3 Å². The van der Waals surface area contributed by atoms with E-state index in [9.17, 15) is 4.79 Å². The Kier molecular flexibility index (Phi) is 4.79. The van der Waals surface area contributed by atoms with Crippen molar-refractivity contribution in [1.82, 2.24) is 0 Å². The second kappa shape index (κ2) is 6.57. The van der Waals surface area contributed by atoms with Gasteiger partial charge in [0.15, 0.2) is 0 Å². The number of nitrogens with one attached hydrogen (secondary N) is 1. The highest BCUT2D eigenvalue weighted by Crippen LogP contribution is 2.21. The van der Waals surface area contributed by atoms with E-state index in [1.54, 1.807) is 7.11 Å². The molecule has 1 N–H and O–H groups in total. The molecule has 2 rings (SSSR count). The minimum Gasteiger partial charge on any atom is -0.496 e. The monoisotopic (exact) mass is 333 g/mol. The fraction of sp³-hybridized carbons (Fsp3) is 0.188. The molecule has 0 saturated heterocycles. The van der Waals surface area contributed by atoms with Crippen molar-refractivity contribution in [3.05, 3.63) is 58.1 Å². The van der Waals surface area contributed by atoms with Gasteiger partial charge in [-0.3, -0.25) is 4.79 Å². The third-order valence-electron chi connectivity index (χ3n) is 2.91. The van der Waals surface area contributed by atoms with E-state index >= 15 is 0 Å². The van der Waals surface area contributed by atoms with Crippen molar-refractivity contribution in [1.29, 1.82) is 0 Å². The van der Waals surface area contributed by atoms with Crippen molar-refractivity contribution >= 4 is 27.5 Å². The lowest BCUT2D eigenvalue weighted by molar-refractivity contribution is -0.115. The molecule has 0 bridgehead atoms. The predicted molar refractivity (Wildman–Crippen MR) is 84.2 cm³/mol. The molecular formula is C16H16BrNO2. The maximum absolute atomic E-state index is 12.1. The van der Waals surface area contributed by atoms with E-state index in [0.29, 0.717) is 6.42 Å². The largest absolute Gasteiger partial charge is 0.496 e. The highest BCUT2D eigenvalue weighted by Gasteiger charge is 2.09. The SMILES string of the molecule is COc1ccc(C)cc1CC(=O)Nc1ccc(Br)cc1. The van der Waals surface area contributed by atoms with Gasteiger partial charge in [0.2, 0.25) is 5.91 Å². The Balaban J connectivity index is 2.08. The zero-order chi connectivity index (χ0) is 14.5. The van der Waals surface area contributed by atoms with Gasteiger partial charge in [-0.25, -0.2) is 0 Å². The molecule has 0 aliphatic rings. The van der Waals surface area contributed by atoms with Gasteiger partial charge in [0.1, 0.15) is 5.75 Å². The summed E-state index contributed by atoms with van der Waals surface area (Å²) in [5.74, 6) is 0.678. The normalized spacial score (nSPS) is 10.2. The van der Waals surface area contributed by atoms with E-state index in [4.69, 9.17) is 4.74 Å². The van der Waals surface area contributed by atoms with Crippen LogP contribution in [0.4, 0.5) is 5.69 Å². The number of amides is 1. The van der Waals surface area contributed by atoms with Crippen molar-refractivity contribution < 1.29 is 9.53 Å². The second-order valence-electron chi connectivity index (χ2n) is 4.55. The molecule has 104 valence electrons. The molecule has 3 nitrogen and oxygen atoms in total. The van der Waals surface area contributed by atoms with Crippen LogP contribution in [0.2, 0.25) is 0 Å². The third-order valence-corrected chi connectivity index (χ3v) is 3.44. The number of aryl methyl sites for hydroxylation is 1. The molecule has 20 heavy (non-hydrogen) atoms. The average Bonchev–Trinajstić information content (AvgIpc) is 2.41. The Morgan fingerprint density at radius 3 is 2.55 bits per heavy atom. The molecule has 4 heteroatoms. The lowest BCUT2D eigenvalue weighted by Gasteiger charge is -2.10. The van der Waals surface area contributed by atoms with Gasteiger partial charge in [0.05, 0.1) is 13.5 Å². The fourth-order valence-corrected chi connectivity index (χ4v) is 2.22. The van der Waals surface area contributed by atoms with Crippen LogP contribution in [-0.4, -0.2) is 13.0 Å². The molecule has 0 radical (unpaired) electrons. The fourth-order valence-electron chi connectivity index (χ4n) is 1.96. The quantitative estimate of drug-likeness (QED) is 0.919. The first-order chi connectivity index (χ1) is 9.58. The van der Waals surface area contributed by atoms with Gasteiger partial charge in [-0.15, -0.1) is 0 Å². The lowest BCUT2D eigenvalue weighted by atomic mass is 10.1. The molecule has 0 atom stereocenters. The number of methoxy groups -OCH3 is 1. The molecule has 0 unspecified atom stereocenters. The molecule has 0 fully saturated rings. The van der Waals surface area contributed by atoms with Crippen LogP contribution in [0.15, 0.2) is 46.9 Å². The Morgan fingerprint density at radius 1 is 1.20 bits per heavy atom. The summed E-state index contributed by atoms with van der Waals surface area (Å²) in [6.45, 7) is 2.00. The molecule has 0 aliphatic heterocycles. The molecule has 0 saturated carbocycles. The minimum atomic E-state index is -0.0591. The van der Waals surface area contributed by atoms with E-state index in [0.717, 1.165) is 27.0 Å². The Hall–Kier alpha value is -1.81. The standard InChI is InChI=1S/C16H16BrNO2/c1-11-3-8-15(20-2)12(9-11)10-16(19)18-14-6-4-13(17)5-7-14/h3-9H,10H2,1-2H3,(H,18,19). The lowest BCUT2D eigenvalue weighted by Crippen LogP contribution is -2.15. The molecular weight excluding hydrogens is 318 g/mol. The summed E-state index contributed by atoms with van der Waals surface area (Å²) in [6.07, 6.45) is 0.293. The predicted octanol–water partition coefficient (Wildman–Crippen LogP) is 3.95. The zero-order valence-electron chi connectivity index (χ0n) is 11.4. The van der Waals surface area contributed by atoms with Crippen LogP contribution in [0.1, 0.15) is 11.1 Å². The van der Waals surface area contributed by atoms with Crippen LogP contribution in [0.3, 0.4) is 0 Å². The van der Waals surface area contributed by atoms with Gasteiger partial charge in [0, 0.05) is 15.7 Å². The van der Waals surface area contributed by atoms with Gasteiger partial charge < -0.3 is 10.1 Å². The number of rotatable bonds is 4. The molecule has 1 amide bonds. The summed E-state index contributed by atoms with van der Waals surface area (Å²) in [5.41, 5.74) is 2.78. The van der Waals surface area contributed by atoms with Gasteiger partial charge >= 0.3 is 0 Å². The summed E-state index contributed by atoms with van der Waals surface area (Å²) < 4.78 is 6.26. The summed E-state index contributed by atoms with van der Waals surface area (Å²) in [7, 11) is 1.61. The maximum atomic E-state index is 12.1. The number of anilines is 1. The van der Waals surface area contributed by atoms with Crippen LogP contribution >= 0.6 is 15.9 Å². The highest BCUT2D eigenvalue weighted by molar-refractivity contribution is 9.10. The highest BCUT2D eigenvalue weighted by atomic mass is 79.9. The van der Waals surface area contributed by atoms with E-state index in [-0.39, 0.29) is 5.91 Å². The third kappa shape index (κ3) is 3.84. The number of hydrogen-bond donors (Lipinski definition) is 1. The Morgan fingerprint density at radius 2 is 1.90 bits per heavy atom. The number of carbonyl (C=O) groups is 1. The van der Waals surface area contributed by atoms with Crippen molar-refractivity contribution in [3.63, 3.8) is 0 Å². The Bertz CT molecular complexity index is 608. The molecule has 0 spiro atoms. The Labute approximate surface area is 127 Å². The van der Waals surface area contributed by atoms with Crippen LogP contribution < -0.4 is 10.1 Å². The van der Waals surface area contributed by atoms with Crippen LogP contribution in [0.5, 0.6) is 5.75 Å². The van der Waals surface area contributed by atoms with Crippen molar-refractivity contribution in [2.75, 3.05) is 12.4 Å². The first kappa shape index (κ1) is 14.6. The average molecular weight is 334 g/mol. The topological polar surface area (TPSA) is 38.3 Å². The summed E-state index contributed by atoms with van der Waals surface area (Å²) >= 11 is 3.36.